The second-order valence-electron chi connectivity index (χ2n) is 8.11. The molecule has 1 atom stereocenters. The molecule has 2 saturated heterocycles. The average molecular weight is 344 g/mol. The van der Waals surface area contributed by atoms with E-state index in [0.717, 1.165) is 43.1 Å². The molecule has 0 unspecified atom stereocenters. The minimum absolute atomic E-state index is 0.218. The Balaban J connectivity index is 1.42. The Labute approximate surface area is 149 Å². The van der Waals surface area contributed by atoms with Crippen LogP contribution in [-0.4, -0.2) is 55.2 Å². The van der Waals surface area contributed by atoms with E-state index >= 15 is 0 Å². The number of rotatable bonds is 4. The summed E-state index contributed by atoms with van der Waals surface area (Å²) in [4.78, 5) is 17.8. The number of benzene rings is 1. The molecule has 3 heterocycles. The quantitative estimate of drug-likeness (QED) is 0.842. The van der Waals surface area contributed by atoms with Gasteiger partial charge in [-0.2, -0.15) is 0 Å². The van der Waals surface area contributed by atoms with Gasteiger partial charge in [-0.3, -0.25) is 4.79 Å². The smallest absolute Gasteiger partial charge is 0.232 e. The molecule has 0 aliphatic carbocycles. The summed E-state index contributed by atoms with van der Waals surface area (Å²) in [7, 11) is 0. The lowest BCUT2D eigenvalue weighted by molar-refractivity contribution is -0.135. The van der Waals surface area contributed by atoms with Crippen molar-refractivity contribution in [2.45, 2.75) is 38.5 Å². The van der Waals surface area contributed by atoms with Gasteiger partial charge in [-0.1, -0.05) is 6.07 Å². The molecule has 0 N–H and O–H groups in total. The number of hydrogen-bond acceptors (Lipinski definition) is 4. The third-order valence-electron chi connectivity index (χ3n) is 5.92. The van der Waals surface area contributed by atoms with Crippen LogP contribution in [0.4, 0.5) is 0 Å². The highest BCUT2D eigenvalue weighted by atomic mass is 16.7. The van der Waals surface area contributed by atoms with Crippen molar-refractivity contribution in [2.75, 3.05) is 39.5 Å². The van der Waals surface area contributed by atoms with Crippen LogP contribution in [-0.2, 0) is 10.2 Å². The molecule has 3 aliphatic rings. The van der Waals surface area contributed by atoms with E-state index in [-0.39, 0.29) is 12.7 Å². The summed E-state index contributed by atoms with van der Waals surface area (Å²) in [6.45, 7) is 9.67. The van der Waals surface area contributed by atoms with Gasteiger partial charge in [0, 0.05) is 19.6 Å². The van der Waals surface area contributed by atoms with Crippen LogP contribution in [0.2, 0.25) is 0 Å². The predicted molar refractivity (Wildman–Crippen MR) is 96.0 cm³/mol. The third kappa shape index (κ3) is 3.22. The number of carbonyl (C=O) groups excluding carboxylic acids is 1. The second kappa shape index (κ2) is 6.52. The highest BCUT2D eigenvalue weighted by Gasteiger charge is 2.38. The fourth-order valence-electron chi connectivity index (χ4n) is 4.30. The van der Waals surface area contributed by atoms with Gasteiger partial charge in [0.2, 0.25) is 12.7 Å². The fourth-order valence-corrected chi connectivity index (χ4v) is 4.30. The molecule has 5 heteroatoms. The van der Waals surface area contributed by atoms with E-state index in [1.165, 1.54) is 25.9 Å². The van der Waals surface area contributed by atoms with Gasteiger partial charge in [-0.25, -0.2) is 0 Å². The van der Waals surface area contributed by atoms with Crippen LogP contribution in [0.3, 0.4) is 0 Å². The zero-order chi connectivity index (χ0) is 17.4. The number of fused-ring (bicyclic) bond motifs is 1. The van der Waals surface area contributed by atoms with Crippen molar-refractivity contribution in [3.8, 4) is 11.5 Å². The summed E-state index contributed by atoms with van der Waals surface area (Å²) in [5.41, 5.74) is 0.438. The van der Waals surface area contributed by atoms with Gasteiger partial charge in [-0.05, 0) is 69.8 Å². The number of carbonyl (C=O) groups is 1. The van der Waals surface area contributed by atoms with Gasteiger partial charge in [0.25, 0.3) is 0 Å². The molecule has 0 aromatic heterocycles. The van der Waals surface area contributed by atoms with Crippen molar-refractivity contribution in [1.82, 2.24) is 9.80 Å². The van der Waals surface area contributed by atoms with Crippen molar-refractivity contribution in [2.24, 2.45) is 5.92 Å². The van der Waals surface area contributed by atoms with E-state index < -0.39 is 5.41 Å². The van der Waals surface area contributed by atoms with Gasteiger partial charge in [0.15, 0.2) is 11.5 Å². The maximum atomic E-state index is 13.2. The average Bonchev–Trinajstić information content (AvgIpc) is 3.35. The van der Waals surface area contributed by atoms with Crippen LogP contribution >= 0.6 is 0 Å². The fraction of sp³-hybridized carbons (Fsp3) is 0.650. The van der Waals surface area contributed by atoms with Crippen molar-refractivity contribution in [3.05, 3.63) is 23.8 Å². The standard InChI is InChI=1S/C20H28N2O3/c1-20(2,16-5-6-17-18(11-16)25-14-24-17)19(23)22-10-7-15(13-22)12-21-8-3-4-9-21/h5-6,11,15H,3-4,7-10,12-14H2,1-2H3/t15-/m1/s1. The molecule has 25 heavy (non-hydrogen) atoms. The molecule has 1 amide bonds. The molecule has 1 aromatic rings. The Kier molecular flexibility index (Phi) is 4.36. The lowest BCUT2D eigenvalue weighted by atomic mass is 9.83. The Morgan fingerprint density at radius 2 is 1.92 bits per heavy atom. The molecule has 0 radical (unpaired) electrons. The van der Waals surface area contributed by atoms with Gasteiger partial charge in [0.1, 0.15) is 0 Å². The minimum atomic E-state index is -0.552. The first-order valence-electron chi connectivity index (χ1n) is 9.46. The van der Waals surface area contributed by atoms with Gasteiger partial charge < -0.3 is 19.3 Å². The number of nitrogens with zero attached hydrogens (tertiary/aromatic N) is 2. The molecule has 2 fully saturated rings. The molecular formula is C20H28N2O3. The van der Waals surface area contributed by atoms with Crippen molar-refractivity contribution in [3.63, 3.8) is 0 Å². The highest BCUT2D eigenvalue weighted by molar-refractivity contribution is 5.87. The maximum absolute atomic E-state index is 13.2. The number of amides is 1. The first kappa shape index (κ1) is 16.7. The van der Waals surface area contributed by atoms with Crippen LogP contribution < -0.4 is 9.47 Å². The van der Waals surface area contributed by atoms with Crippen molar-refractivity contribution >= 4 is 5.91 Å². The van der Waals surface area contributed by atoms with E-state index in [9.17, 15) is 4.79 Å². The first-order valence-corrected chi connectivity index (χ1v) is 9.46. The molecule has 4 rings (SSSR count). The summed E-state index contributed by atoms with van der Waals surface area (Å²) in [5.74, 6) is 2.34. The second-order valence-corrected chi connectivity index (χ2v) is 8.11. The Morgan fingerprint density at radius 1 is 1.16 bits per heavy atom. The normalized spacial score (nSPS) is 23.4. The van der Waals surface area contributed by atoms with Crippen molar-refractivity contribution < 1.29 is 14.3 Å². The van der Waals surface area contributed by atoms with E-state index in [0.29, 0.717) is 5.92 Å². The van der Waals surface area contributed by atoms with Crippen LogP contribution in [0, 0.1) is 5.92 Å². The third-order valence-corrected chi connectivity index (χ3v) is 5.92. The van der Waals surface area contributed by atoms with Crippen LogP contribution in [0.5, 0.6) is 11.5 Å². The summed E-state index contributed by atoms with van der Waals surface area (Å²) >= 11 is 0. The number of hydrogen-bond donors (Lipinski definition) is 0. The zero-order valence-electron chi connectivity index (χ0n) is 15.3. The first-order chi connectivity index (χ1) is 12.0. The Hall–Kier alpha value is -1.75. The molecule has 0 spiro atoms. The molecule has 1 aromatic carbocycles. The van der Waals surface area contributed by atoms with E-state index in [4.69, 9.17) is 9.47 Å². The maximum Gasteiger partial charge on any atom is 0.232 e. The van der Waals surface area contributed by atoms with Crippen LogP contribution in [0.25, 0.3) is 0 Å². The largest absolute Gasteiger partial charge is 0.454 e. The van der Waals surface area contributed by atoms with Gasteiger partial charge in [-0.15, -0.1) is 0 Å². The molecule has 3 aliphatic heterocycles. The lowest BCUT2D eigenvalue weighted by Crippen LogP contribution is -2.42. The molecule has 0 saturated carbocycles. The SMILES string of the molecule is CC(C)(C(=O)N1CC[C@H](CN2CCCC2)C1)c1ccc2c(c1)OCO2. The summed E-state index contributed by atoms with van der Waals surface area (Å²) in [6, 6.07) is 5.86. The van der Waals surface area contributed by atoms with Crippen LogP contribution in [0.15, 0.2) is 18.2 Å². The molecular weight excluding hydrogens is 316 g/mol. The zero-order valence-corrected chi connectivity index (χ0v) is 15.3. The molecule has 136 valence electrons. The summed E-state index contributed by atoms with van der Waals surface area (Å²) < 4.78 is 10.9. The number of ether oxygens (including phenoxy) is 2. The minimum Gasteiger partial charge on any atom is -0.454 e. The Morgan fingerprint density at radius 3 is 2.72 bits per heavy atom. The highest BCUT2D eigenvalue weighted by Crippen LogP contribution is 2.37. The lowest BCUT2D eigenvalue weighted by Gasteiger charge is -2.30. The van der Waals surface area contributed by atoms with E-state index in [1.807, 2.05) is 32.0 Å². The monoisotopic (exact) mass is 344 g/mol. The molecule has 5 nitrogen and oxygen atoms in total. The number of likely N-dealkylation sites (tertiary alicyclic amines) is 2. The van der Waals surface area contributed by atoms with Crippen LogP contribution in [0.1, 0.15) is 38.7 Å². The van der Waals surface area contributed by atoms with E-state index in [1.54, 1.807) is 0 Å². The summed E-state index contributed by atoms with van der Waals surface area (Å²) in [6.07, 6.45) is 3.78. The van der Waals surface area contributed by atoms with Gasteiger partial charge >= 0.3 is 0 Å². The van der Waals surface area contributed by atoms with E-state index in [2.05, 4.69) is 9.80 Å². The van der Waals surface area contributed by atoms with Crippen molar-refractivity contribution in [1.29, 1.82) is 0 Å². The topological polar surface area (TPSA) is 42.0 Å². The summed E-state index contributed by atoms with van der Waals surface area (Å²) in [5, 5.41) is 0. The predicted octanol–water partition coefficient (Wildman–Crippen LogP) is 2.64. The van der Waals surface area contributed by atoms with Gasteiger partial charge in [0.05, 0.1) is 5.41 Å². The Bertz CT molecular complexity index is 652. The molecule has 0 bridgehead atoms.